The second-order valence-electron chi connectivity index (χ2n) is 5.50. The predicted octanol–water partition coefficient (Wildman–Crippen LogP) is 4.07. The van der Waals surface area contributed by atoms with E-state index in [-0.39, 0.29) is 29.0 Å². The number of hydrogen-bond acceptors (Lipinski definition) is 6. The van der Waals surface area contributed by atoms with Crippen molar-refractivity contribution in [1.82, 2.24) is 10.1 Å². The average Bonchev–Trinajstić information content (AvgIpc) is 3.05. The summed E-state index contributed by atoms with van der Waals surface area (Å²) in [7, 11) is -3.92. The van der Waals surface area contributed by atoms with Crippen LogP contribution in [0.5, 0.6) is 5.75 Å². The third-order valence-corrected chi connectivity index (χ3v) is 6.02. The number of rotatable bonds is 7. The van der Waals surface area contributed by atoms with E-state index in [2.05, 4.69) is 26.1 Å². The van der Waals surface area contributed by atoms with Gasteiger partial charge in [-0.05, 0) is 37.3 Å². The molecule has 0 saturated heterocycles. The van der Waals surface area contributed by atoms with E-state index in [1.165, 1.54) is 18.3 Å². The van der Waals surface area contributed by atoms with Crippen LogP contribution in [-0.4, -0.2) is 31.7 Å². The Bertz CT molecular complexity index is 1020. The van der Waals surface area contributed by atoms with Crippen molar-refractivity contribution in [3.8, 4) is 5.75 Å². The SMILES string of the molecule is Cc1cc(N(CCOc2cccc(Br)c2)S(=O)(=O)c2ccc(Cl)nc2)no1. The van der Waals surface area contributed by atoms with Gasteiger partial charge in [0, 0.05) is 16.7 Å². The molecule has 0 unspecified atom stereocenters. The number of aryl methyl sites for hydroxylation is 1. The molecule has 0 N–H and O–H groups in total. The fourth-order valence-electron chi connectivity index (χ4n) is 2.27. The molecule has 7 nitrogen and oxygen atoms in total. The Balaban J connectivity index is 1.84. The summed E-state index contributed by atoms with van der Waals surface area (Å²) < 4.78 is 38.8. The maximum atomic E-state index is 13.0. The van der Waals surface area contributed by atoms with Gasteiger partial charge in [-0.2, -0.15) is 0 Å². The molecule has 0 amide bonds. The number of ether oxygens (including phenoxy) is 1. The molecule has 142 valence electrons. The number of benzene rings is 1. The molecule has 0 aliphatic rings. The molecule has 10 heteroatoms. The topological polar surface area (TPSA) is 85.5 Å². The lowest BCUT2D eigenvalue weighted by molar-refractivity contribution is 0.327. The summed E-state index contributed by atoms with van der Waals surface area (Å²) in [5, 5.41) is 4.03. The summed E-state index contributed by atoms with van der Waals surface area (Å²) in [6, 6.07) is 11.6. The summed E-state index contributed by atoms with van der Waals surface area (Å²) in [4.78, 5) is 3.84. The second kappa shape index (κ2) is 8.28. The van der Waals surface area contributed by atoms with Gasteiger partial charge in [-0.1, -0.05) is 38.8 Å². The summed E-state index contributed by atoms with van der Waals surface area (Å²) in [5.74, 6) is 1.28. The fraction of sp³-hybridized carbons (Fsp3) is 0.176. The molecule has 0 bridgehead atoms. The van der Waals surface area contributed by atoms with E-state index in [4.69, 9.17) is 20.9 Å². The zero-order chi connectivity index (χ0) is 19.4. The Kier molecular flexibility index (Phi) is 6.03. The lowest BCUT2D eigenvalue weighted by Crippen LogP contribution is -2.35. The first-order chi connectivity index (χ1) is 12.9. The van der Waals surface area contributed by atoms with E-state index in [1.807, 2.05) is 12.1 Å². The first-order valence-corrected chi connectivity index (χ1v) is 10.4. The van der Waals surface area contributed by atoms with Gasteiger partial charge in [0.15, 0.2) is 5.82 Å². The molecule has 2 aromatic heterocycles. The summed E-state index contributed by atoms with van der Waals surface area (Å²) in [5.41, 5.74) is 0. The van der Waals surface area contributed by atoms with Crippen LogP contribution in [0.3, 0.4) is 0 Å². The summed E-state index contributed by atoms with van der Waals surface area (Å²) in [6.45, 7) is 1.83. The van der Waals surface area contributed by atoms with E-state index in [0.29, 0.717) is 11.5 Å². The van der Waals surface area contributed by atoms with Gasteiger partial charge in [0.1, 0.15) is 28.2 Å². The molecular formula is C17H15BrClN3O4S. The Morgan fingerprint density at radius 1 is 1.26 bits per heavy atom. The maximum Gasteiger partial charge on any atom is 0.267 e. The van der Waals surface area contributed by atoms with Crippen molar-refractivity contribution in [1.29, 1.82) is 0 Å². The molecule has 0 atom stereocenters. The maximum absolute atomic E-state index is 13.0. The fourth-order valence-corrected chi connectivity index (χ4v) is 4.09. The van der Waals surface area contributed by atoms with Gasteiger partial charge in [0.25, 0.3) is 10.0 Å². The molecule has 0 spiro atoms. The Morgan fingerprint density at radius 2 is 2.07 bits per heavy atom. The highest BCUT2D eigenvalue weighted by atomic mass is 79.9. The van der Waals surface area contributed by atoms with Crippen molar-refractivity contribution in [3.05, 3.63) is 64.0 Å². The Morgan fingerprint density at radius 3 is 2.70 bits per heavy atom. The second-order valence-corrected chi connectivity index (χ2v) is 8.66. The highest BCUT2D eigenvalue weighted by Gasteiger charge is 2.27. The van der Waals surface area contributed by atoms with Gasteiger partial charge >= 0.3 is 0 Å². The summed E-state index contributed by atoms with van der Waals surface area (Å²) in [6.07, 6.45) is 1.20. The van der Waals surface area contributed by atoms with Crippen molar-refractivity contribution < 1.29 is 17.7 Å². The van der Waals surface area contributed by atoms with Crippen LogP contribution in [0.1, 0.15) is 5.76 Å². The van der Waals surface area contributed by atoms with Crippen molar-refractivity contribution in [2.45, 2.75) is 11.8 Å². The monoisotopic (exact) mass is 471 g/mol. The van der Waals surface area contributed by atoms with Gasteiger partial charge in [-0.15, -0.1) is 0 Å². The zero-order valence-electron chi connectivity index (χ0n) is 14.2. The van der Waals surface area contributed by atoms with E-state index < -0.39 is 10.0 Å². The molecule has 1 aromatic carbocycles. The quantitative estimate of drug-likeness (QED) is 0.482. The average molecular weight is 473 g/mol. The molecule has 2 heterocycles. The van der Waals surface area contributed by atoms with Gasteiger partial charge in [0.2, 0.25) is 0 Å². The highest BCUT2D eigenvalue weighted by Crippen LogP contribution is 2.24. The minimum atomic E-state index is -3.92. The Labute approximate surface area is 170 Å². The van der Waals surface area contributed by atoms with Gasteiger partial charge in [0.05, 0.1) is 6.54 Å². The van der Waals surface area contributed by atoms with Crippen molar-refractivity contribution >= 4 is 43.4 Å². The predicted molar refractivity (Wildman–Crippen MR) is 105 cm³/mol. The minimum absolute atomic E-state index is 0.00462. The van der Waals surface area contributed by atoms with Gasteiger partial charge in [-0.25, -0.2) is 17.7 Å². The smallest absolute Gasteiger partial charge is 0.267 e. The van der Waals surface area contributed by atoms with Gasteiger partial charge < -0.3 is 9.26 Å². The van der Waals surface area contributed by atoms with Crippen LogP contribution in [0.2, 0.25) is 5.15 Å². The molecule has 0 aliphatic carbocycles. The van der Waals surface area contributed by atoms with Crippen LogP contribution >= 0.6 is 27.5 Å². The molecule has 27 heavy (non-hydrogen) atoms. The van der Waals surface area contributed by atoms with Crippen LogP contribution in [0, 0.1) is 6.92 Å². The van der Waals surface area contributed by atoms with Crippen molar-refractivity contribution in [2.75, 3.05) is 17.5 Å². The standard InChI is InChI=1S/C17H15BrClN3O4S/c1-12-9-17(21-26-12)22(7-8-25-14-4-2-3-13(18)10-14)27(23,24)15-5-6-16(19)20-11-15/h2-6,9-11H,7-8H2,1H3. The lowest BCUT2D eigenvalue weighted by Gasteiger charge is -2.21. The minimum Gasteiger partial charge on any atom is -0.492 e. The van der Waals surface area contributed by atoms with E-state index >= 15 is 0 Å². The lowest BCUT2D eigenvalue weighted by atomic mass is 10.3. The number of anilines is 1. The highest BCUT2D eigenvalue weighted by molar-refractivity contribution is 9.10. The first-order valence-electron chi connectivity index (χ1n) is 7.82. The van der Waals surface area contributed by atoms with Crippen LogP contribution in [0.15, 0.2) is 62.6 Å². The van der Waals surface area contributed by atoms with Gasteiger partial charge in [-0.3, -0.25) is 0 Å². The molecule has 0 saturated carbocycles. The molecule has 3 aromatic rings. The zero-order valence-corrected chi connectivity index (χ0v) is 17.3. The third kappa shape index (κ3) is 4.79. The number of halogens is 2. The number of pyridine rings is 1. The number of nitrogens with zero attached hydrogens (tertiary/aromatic N) is 3. The van der Waals surface area contributed by atoms with E-state index in [0.717, 1.165) is 8.78 Å². The van der Waals surface area contributed by atoms with E-state index in [9.17, 15) is 8.42 Å². The van der Waals surface area contributed by atoms with E-state index in [1.54, 1.807) is 25.1 Å². The molecule has 0 fully saturated rings. The van der Waals surface area contributed by atoms with Crippen LogP contribution in [-0.2, 0) is 10.0 Å². The molecule has 0 aliphatic heterocycles. The molecular weight excluding hydrogens is 458 g/mol. The number of hydrogen-bond donors (Lipinski definition) is 0. The molecule has 0 radical (unpaired) electrons. The van der Waals surface area contributed by atoms with Crippen LogP contribution in [0.4, 0.5) is 5.82 Å². The number of aromatic nitrogens is 2. The van der Waals surface area contributed by atoms with Crippen molar-refractivity contribution in [2.24, 2.45) is 0 Å². The summed E-state index contributed by atoms with van der Waals surface area (Å²) >= 11 is 9.12. The van der Waals surface area contributed by atoms with Crippen LogP contribution < -0.4 is 9.04 Å². The third-order valence-electron chi connectivity index (χ3n) is 3.52. The normalized spacial score (nSPS) is 11.4. The van der Waals surface area contributed by atoms with Crippen LogP contribution in [0.25, 0.3) is 0 Å². The molecule has 3 rings (SSSR count). The first kappa shape index (κ1) is 19.7. The Hall–Kier alpha value is -2.10. The largest absolute Gasteiger partial charge is 0.492 e. The number of sulfonamides is 1. The van der Waals surface area contributed by atoms with Crippen molar-refractivity contribution in [3.63, 3.8) is 0 Å².